The van der Waals surface area contributed by atoms with Gasteiger partial charge in [0.15, 0.2) is 5.60 Å². The third-order valence-corrected chi connectivity index (χ3v) is 6.25. The molecular weight excluding hydrogens is 450 g/mol. The lowest BCUT2D eigenvalue weighted by Crippen LogP contribution is -2.62. The lowest BCUT2D eigenvalue weighted by molar-refractivity contribution is -0.176. The topological polar surface area (TPSA) is 97.4 Å². The largest absolute Gasteiger partial charge is 0.491 e. The number of carbonyl (C=O) groups is 3. The van der Waals surface area contributed by atoms with Gasteiger partial charge in [-0.3, -0.25) is 9.59 Å². The van der Waals surface area contributed by atoms with Gasteiger partial charge in [-0.1, -0.05) is 18.2 Å². The van der Waals surface area contributed by atoms with Crippen molar-refractivity contribution in [1.29, 1.82) is 0 Å². The van der Waals surface area contributed by atoms with Gasteiger partial charge in [0.2, 0.25) is 5.91 Å². The predicted molar refractivity (Wildman–Crippen MR) is 131 cm³/mol. The number of para-hydroxylation sites is 1. The van der Waals surface area contributed by atoms with Gasteiger partial charge in [0.1, 0.15) is 24.5 Å². The minimum Gasteiger partial charge on any atom is -0.491 e. The number of ether oxygens (including phenoxy) is 3. The summed E-state index contributed by atoms with van der Waals surface area (Å²) in [7, 11) is 0. The molecule has 1 aromatic rings. The summed E-state index contributed by atoms with van der Waals surface area (Å²) < 4.78 is 17.4. The number of rotatable bonds is 3. The molecule has 1 saturated heterocycles. The van der Waals surface area contributed by atoms with Crippen LogP contribution < -0.4 is 10.1 Å². The highest BCUT2D eigenvalue weighted by Gasteiger charge is 2.46. The van der Waals surface area contributed by atoms with Crippen molar-refractivity contribution >= 4 is 17.9 Å². The number of aryl methyl sites for hydroxylation is 1. The molecular formula is C26H39N3O6. The number of benzene rings is 1. The standard InChI is InChI=1S/C26H39N3O6/c1-5-28-14-16-33-21-12-7-6-10-20(21)11-8-9-13-26(23(28)31)19-29(15-17-34-26)22(30)18-27-24(32)35-25(2,3)4/h6-7,10,12H,5,8-9,11,13-19H2,1-4H3,(H,27,32). The fourth-order valence-corrected chi connectivity index (χ4v) is 4.49. The summed E-state index contributed by atoms with van der Waals surface area (Å²) in [4.78, 5) is 42.0. The van der Waals surface area contributed by atoms with Crippen molar-refractivity contribution < 1.29 is 28.6 Å². The first-order valence-corrected chi connectivity index (χ1v) is 12.5. The Bertz CT molecular complexity index is 899. The molecule has 0 radical (unpaired) electrons. The van der Waals surface area contributed by atoms with Crippen LogP contribution >= 0.6 is 0 Å². The van der Waals surface area contributed by atoms with Gasteiger partial charge >= 0.3 is 6.09 Å². The van der Waals surface area contributed by atoms with Gasteiger partial charge in [0.05, 0.1) is 19.7 Å². The van der Waals surface area contributed by atoms with E-state index in [1.807, 2.05) is 25.1 Å². The second kappa shape index (κ2) is 11.7. The number of nitrogens with zero attached hydrogens (tertiary/aromatic N) is 2. The zero-order chi connectivity index (χ0) is 25.5. The molecule has 194 valence electrons. The highest BCUT2D eigenvalue weighted by molar-refractivity contribution is 5.88. The van der Waals surface area contributed by atoms with Crippen LogP contribution in [-0.4, -0.2) is 84.8 Å². The van der Waals surface area contributed by atoms with Gasteiger partial charge in [-0.2, -0.15) is 0 Å². The number of fused-ring (bicyclic) bond motifs is 1. The first kappa shape index (κ1) is 26.8. The second-order valence-electron chi connectivity index (χ2n) is 10.1. The molecule has 1 fully saturated rings. The summed E-state index contributed by atoms with van der Waals surface area (Å²) >= 11 is 0. The average molecular weight is 490 g/mol. The molecule has 1 aromatic carbocycles. The van der Waals surface area contributed by atoms with Gasteiger partial charge in [-0.15, -0.1) is 0 Å². The van der Waals surface area contributed by atoms with Crippen LogP contribution in [0, 0.1) is 0 Å². The SMILES string of the molecule is CCN1CCOc2ccccc2CCCCC2(CN(C(=O)CNC(=O)OC(C)(C)C)CCO2)C1=O. The Morgan fingerprint density at radius 3 is 2.66 bits per heavy atom. The van der Waals surface area contributed by atoms with E-state index in [2.05, 4.69) is 11.4 Å². The van der Waals surface area contributed by atoms with Gasteiger partial charge < -0.3 is 29.3 Å². The van der Waals surface area contributed by atoms with Gasteiger partial charge in [0, 0.05) is 13.1 Å². The Kier molecular flexibility index (Phi) is 8.99. The molecule has 0 saturated carbocycles. The summed E-state index contributed by atoms with van der Waals surface area (Å²) in [5.41, 5.74) is -0.593. The molecule has 9 heteroatoms. The highest BCUT2D eigenvalue weighted by atomic mass is 16.6. The highest BCUT2D eigenvalue weighted by Crippen LogP contribution is 2.29. The summed E-state index contributed by atoms with van der Waals surface area (Å²) in [6, 6.07) is 8.02. The smallest absolute Gasteiger partial charge is 0.408 e. The lowest BCUT2D eigenvalue weighted by atomic mass is 9.91. The Hall–Kier alpha value is -2.81. The molecule has 35 heavy (non-hydrogen) atoms. The third kappa shape index (κ3) is 7.34. The van der Waals surface area contributed by atoms with E-state index in [-0.39, 0.29) is 31.5 Å². The van der Waals surface area contributed by atoms with Crippen molar-refractivity contribution in [2.75, 3.05) is 45.9 Å². The number of morpholine rings is 1. The van der Waals surface area contributed by atoms with Crippen LogP contribution in [-0.2, 0) is 25.5 Å². The molecule has 1 spiro atoms. The zero-order valence-corrected chi connectivity index (χ0v) is 21.4. The molecule has 1 N–H and O–H groups in total. The molecule has 0 aromatic heterocycles. The van der Waals surface area contributed by atoms with Gasteiger partial charge in [-0.25, -0.2) is 4.79 Å². The molecule has 9 nitrogen and oxygen atoms in total. The van der Waals surface area contributed by atoms with Crippen LogP contribution in [0.5, 0.6) is 5.75 Å². The predicted octanol–water partition coefficient (Wildman–Crippen LogP) is 2.76. The molecule has 2 heterocycles. The van der Waals surface area contributed by atoms with Crippen LogP contribution in [0.4, 0.5) is 4.79 Å². The van der Waals surface area contributed by atoms with E-state index in [0.717, 1.165) is 30.6 Å². The van der Waals surface area contributed by atoms with E-state index in [9.17, 15) is 14.4 Å². The fourth-order valence-electron chi connectivity index (χ4n) is 4.49. The number of hydrogen-bond acceptors (Lipinski definition) is 6. The van der Waals surface area contributed by atoms with E-state index in [1.165, 1.54) is 0 Å². The van der Waals surface area contributed by atoms with Crippen molar-refractivity contribution in [3.63, 3.8) is 0 Å². The van der Waals surface area contributed by atoms with Crippen molar-refractivity contribution in [3.05, 3.63) is 29.8 Å². The normalized spacial score (nSPS) is 21.9. The molecule has 1 atom stereocenters. The quantitative estimate of drug-likeness (QED) is 0.701. The Balaban J connectivity index is 1.71. The molecule has 3 rings (SSSR count). The van der Waals surface area contributed by atoms with Crippen LogP contribution in [0.2, 0.25) is 0 Å². The van der Waals surface area contributed by atoms with Gasteiger partial charge in [0.25, 0.3) is 5.91 Å². The Labute approximate surface area is 208 Å². The summed E-state index contributed by atoms with van der Waals surface area (Å²) in [6.45, 7) is 9.15. The minimum atomic E-state index is -1.10. The van der Waals surface area contributed by atoms with E-state index in [0.29, 0.717) is 32.7 Å². The third-order valence-electron chi connectivity index (χ3n) is 6.25. The summed E-state index contributed by atoms with van der Waals surface area (Å²) in [5, 5.41) is 2.52. The van der Waals surface area contributed by atoms with Crippen molar-refractivity contribution in [3.8, 4) is 5.75 Å². The van der Waals surface area contributed by atoms with Crippen molar-refractivity contribution in [2.45, 2.75) is 64.6 Å². The second-order valence-corrected chi connectivity index (χ2v) is 10.1. The Morgan fingerprint density at radius 2 is 1.91 bits per heavy atom. The maximum Gasteiger partial charge on any atom is 0.408 e. The molecule has 0 bridgehead atoms. The number of nitrogens with one attached hydrogen (secondary N) is 1. The van der Waals surface area contributed by atoms with Crippen molar-refractivity contribution in [2.24, 2.45) is 0 Å². The monoisotopic (exact) mass is 489 g/mol. The number of hydrogen-bond donors (Lipinski definition) is 1. The molecule has 3 amide bonds. The molecule has 2 aliphatic heterocycles. The van der Waals surface area contributed by atoms with E-state index in [4.69, 9.17) is 14.2 Å². The average Bonchev–Trinajstić information content (AvgIpc) is 2.82. The van der Waals surface area contributed by atoms with E-state index in [1.54, 1.807) is 30.6 Å². The lowest BCUT2D eigenvalue weighted by Gasteiger charge is -2.44. The van der Waals surface area contributed by atoms with Crippen LogP contribution in [0.15, 0.2) is 24.3 Å². The number of carbonyl (C=O) groups excluding carboxylic acids is 3. The van der Waals surface area contributed by atoms with E-state index < -0.39 is 17.3 Å². The van der Waals surface area contributed by atoms with Crippen LogP contribution in [0.25, 0.3) is 0 Å². The zero-order valence-electron chi connectivity index (χ0n) is 21.4. The van der Waals surface area contributed by atoms with E-state index >= 15 is 0 Å². The first-order valence-electron chi connectivity index (χ1n) is 12.5. The van der Waals surface area contributed by atoms with Crippen LogP contribution in [0.3, 0.4) is 0 Å². The van der Waals surface area contributed by atoms with Crippen molar-refractivity contribution in [1.82, 2.24) is 15.1 Å². The molecule has 1 unspecified atom stereocenters. The number of amides is 3. The maximum absolute atomic E-state index is 13.7. The Morgan fingerprint density at radius 1 is 1.14 bits per heavy atom. The fraction of sp³-hybridized carbons (Fsp3) is 0.654. The summed E-state index contributed by atoms with van der Waals surface area (Å²) in [5.74, 6) is 0.488. The molecule has 2 aliphatic rings. The number of likely N-dealkylation sites (N-methyl/N-ethyl adjacent to an activating group) is 1. The minimum absolute atomic E-state index is 0.116. The molecule has 0 aliphatic carbocycles. The first-order chi connectivity index (χ1) is 16.6. The number of alkyl carbamates (subject to hydrolysis) is 1. The maximum atomic E-state index is 13.7. The summed E-state index contributed by atoms with van der Waals surface area (Å²) in [6.07, 6.45) is 2.37. The van der Waals surface area contributed by atoms with Gasteiger partial charge in [-0.05, 0) is 65.0 Å². The van der Waals surface area contributed by atoms with Crippen LogP contribution in [0.1, 0.15) is 52.5 Å².